The standard InChI is InChI=1S/C15H21BrCl2O2/c1-3-5-6-7-11(17)14-8-12(18)15(19)10(9-16)13(4-2)20-14/h1,5-6,10-15,19H,4,7-9H2,2H3. The first-order chi connectivity index (χ1) is 9.54. The van der Waals surface area contributed by atoms with E-state index in [0.717, 1.165) is 6.42 Å². The second-order valence-corrected chi connectivity index (χ2v) is 6.77. The third-order valence-electron chi connectivity index (χ3n) is 3.65. The molecule has 114 valence electrons. The highest BCUT2D eigenvalue weighted by Crippen LogP contribution is 2.33. The van der Waals surface area contributed by atoms with Crippen LogP contribution in [0.1, 0.15) is 26.2 Å². The van der Waals surface area contributed by atoms with E-state index in [4.69, 9.17) is 34.4 Å². The molecule has 1 rings (SSSR count). The molecule has 20 heavy (non-hydrogen) atoms. The molecular weight excluding hydrogens is 363 g/mol. The van der Waals surface area contributed by atoms with Crippen LogP contribution in [-0.2, 0) is 4.74 Å². The molecule has 0 aromatic carbocycles. The summed E-state index contributed by atoms with van der Waals surface area (Å²) in [6, 6.07) is 0. The molecule has 1 heterocycles. The van der Waals surface area contributed by atoms with E-state index in [-0.39, 0.29) is 28.9 Å². The molecule has 2 nitrogen and oxygen atoms in total. The Labute approximate surface area is 140 Å². The van der Waals surface area contributed by atoms with E-state index in [1.165, 1.54) is 0 Å². The fourth-order valence-electron chi connectivity index (χ4n) is 2.47. The minimum absolute atomic E-state index is 0.0161. The lowest BCUT2D eigenvalue weighted by Gasteiger charge is -2.28. The van der Waals surface area contributed by atoms with Crippen LogP contribution in [0.15, 0.2) is 12.2 Å². The van der Waals surface area contributed by atoms with Crippen LogP contribution >= 0.6 is 39.1 Å². The maximum atomic E-state index is 10.3. The Morgan fingerprint density at radius 3 is 2.85 bits per heavy atom. The van der Waals surface area contributed by atoms with Gasteiger partial charge in [0.15, 0.2) is 0 Å². The topological polar surface area (TPSA) is 29.5 Å². The molecule has 0 amide bonds. The van der Waals surface area contributed by atoms with Crippen LogP contribution in [0.3, 0.4) is 0 Å². The van der Waals surface area contributed by atoms with Crippen LogP contribution in [0.5, 0.6) is 0 Å². The Kier molecular flexibility index (Phi) is 8.55. The maximum absolute atomic E-state index is 10.3. The number of aliphatic hydroxyl groups excluding tert-OH is 1. The molecule has 0 radical (unpaired) electrons. The van der Waals surface area contributed by atoms with E-state index in [1.54, 1.807) is 6.08 Å². The van der Waals surface area contributed by atoms with Crippen LogP contribution in [0.2, 0.25) is 0 Å². The number of ether oxygens (including phenoxy) is 1. The molecule has 6 atom stereocenters. The predicted octanol–water partition coefficient (Wildman–Crippen LogP) is 3.72. The normalized spacial score (nSPS) is 36.5. The Balaban J connectivity index is 2.78. The lowest BCUT2D eigenvalue weighted by molar-refractivity contribution is -0.0447. The van der Waals surface area contributed by atoms with Crippen LogP contribution in [0.25, 0.3) is 0 Å². The molecule has 1 N–H and O–H groups in total. The molecule has 1 saturated heterocycles. The minimum atomic E-state index is -0.587. The zero-order valence-corrected chi connectivity index (χ0v) is 14.6. The first-order valence-electron chi connectivity index (χ1n) is 6.83. The van der Waals surface area contributed by atoms with Gasteiger partial charge in [-0.05, 0) is 25.3 Å². The van der Waals surface area contributed by atoms with Gasteiger partial charge < -0.3 is 9.84 Å². The summed E-state index contributed by atoms with van der Waals surface area (Å²) < 4.78 is 6.11. The summed E-state index contributed by atoms with van der Waals surface area (Å²) >= 11 is 16.1. The summed E-state index contributed by atoms with van der Waals surface area (Å²) in [6.45, 7) is 2.04. The quantitative estimate of drug-likeness (QED) is 0.579. The molecule has 0 aromatic rings. The number of rotatable bonds is 5. The molecule has 6 unspecified atom stereocenters. The summed E-state index contributed by atoms with van der Waals surface area (Å²) in [7, 11) is 0. The van der Waals surface area contributed by atoms with E-state index >= 15 is 0 Å². The number of allylic oxidation sites excluding steroid dienone is 2. The number of alkyl halides is 3. The highest BCUT2D eigenvalue weighted by molar-refractivity contribution is 9.09. The lowest BCUT2D eigenvalue weighted by atomic mass is 9.93. The zero-order valence-electron chi connectivity index (χ0n) is 11.5. The minimum Gasteiger partial charge on any atom is -0.391 e. The summed E-state index contributed by atoms with van der Waals surface area (Å²) in [5.41, 5.74) is 0. The second-order valence-electron chi connectivity index (χ2n) is 5.00. The van der Waals surface area contributed by atoms with Crippen LogP contribution in [0.4, 0.5) is 0 Å². The van der Waals surface area contributed by atoms with Gasteiger partial charge in [-0.15, -0.1) is 29.6 Å². The van der Waals surface area contributed by atoms with Crippen molar-refractivity contribution in [3.05, 3.63) is 12.2 Å². The van der Waals surface area contributed by atoms with E-state index in [2.05, 4.69) is 21.9 Å². The highest BCUT2D eigenvalue weighted by atomic mass is 79.9. The Morgan fingerprint density at radius 1 is 1.60 bits per heavy atom. The Bertz CT molecular complexity index is 356. The first kappa shape index (κ1) is 18.3. The zero-order chi connectivity index (χ0) is 15.1. The van der Waals surface area contributed by atoms with Crippen LogP contribution < -0.4 is 0 Å². The first-order valence-corrected chi connectivity index (χ1v) is 8.83. The molecule has 1 fully saturated rings. The number of hydrogen-bond acceptors (Lipinski definition) is 2. The third kappa shape index (κ3) is 4.93. The SMILES string of the molecule is C#CC=CCC(Cl)C1CC(Cl)C(O)C(CBr)C(CC)O1. The number of terminal acetylenes is 1. The Hall–Kier alpha value is 0.280. The van der Waals surface area contributed by atoms with Gasteiger partial charge in [0.05, 0.1) is 29.1 Å². The van der Waals surface area contributed by atoms with Crippen LogP contribution in [0, 0.1) is 18.3 Å². The predicted molar refractivity (Wildman–Crippen MR) is 88.7 cm³/mol. The molecule has 0 aliphatic carbocycles. The second kappa shape index (κ2) is 9.33. The maximum Gasteiger partial charge on any atom is 0.0765 e. The molecule has 1 aliphatic heterocycles. The lowest BCUT2D eigenvalue weighted by Crippen LogP contribution is -2.37. The van der Waals surface area contributed by atoms with E-state index in [1.807, 2.05) is 13.0 Å². The highest BCUT2D eigenvalue weighted by Gasteiger charge is 2.40. The molecule has 0 aromatic heterocycles. The molecule has 0 spiro atoms. The average molecular weight is 384 g/mol. The fourth-order valence-corrected chi connectivity index (χ4v) is 3.90. The Morgan fingerprint density at radius 2 is 2.30 bits per heavy atom. The van der Waals surface area contributed by atoms with E-state index < -0.39 is 6.10 Å². The van der Waals surface area contributed by atoms with Gasteiger partial charge in [0.1, 0.15) is 0 Å². The number of halogens is 3. The van der Waals surface area contributed by atoms with Crippen LogP contribution in [-0.4, -0.2) is 39.5 Å². The van der Waals surface area contributed by atoms with Gasteiger partial charge in [-0.2, -0.15) is 0 Å². The van der Waals surface area contributed by atoms with Crippen molar-refractivity contribution in [3.8, 4) is 12.3 Å². The van der Waals surface area contributed by atoms with E-state index in [9.17, 15) is 5.11 Å². The van der Waals surface area contributed by atoms with Crippen molar-refractivity contribution in [3.63, 3.8) is 0 Å². The number of hydrogen-bond donors (Lipinski definition) is 1. The van der Waals surface area contributed by atoms with Gasteiger partial charge in [0, 0.05) is 11.2 Å². The monoisotopic (exact) mass is 382 g/mol. The van der Waals surface area contributed by atoms with Gasteiger partial charge in [0.25, 0.3) is 0 Å². The summed E-state index contributed by atoms with van der Waals surface area (Å²) in [5, 5.41) is 10.4. The summed E-state index contributed by atoms with van der Waals surface area (Å²) in [4.78, 5) is 0. The smallest absolute Gasteiger partial charge is 0.0765 e. The van der Waals surface area contributed by atoms with Gasteiger partial charge in [-0.3, -0.25) is 0 Å². The van der Waals surface area contributed by atoms with Gasteiger partial charge >= 0.3 is 0 Å². The van der Waals surface area contributed by atoms with Crippen molar-refractivity contribution in [1.29, 1.82) is 0 Å². The molecule has 0 saturated carbocycles. The van der Waals surface area contributed by atoms with Crippen molar-refractivity contribution in [2.45, 2.75) is 55.3 Å². The molecule has 1 aliphatic rings. The third-order valence-corrected chi connectivity index (χ3v) is 5.30. The summed E-state index contributed by atoms with van der Waals surface area (Å²) in [5.74, 6) is 2.42. The average Bonchev–Trinajstić information content (AvgIpc) is 2.56. The molecular formula is C15H21BrCl2O2. The van der Waals surface area contributed by atoms with Gasteiger partial charge in [-0.1, -0.05) is 34.9 Å². The summed E-state index contributed by atoms with van der Waals surface area (Å²) in [6.07, 6.45) is 9.84. The van der Waals surface area contributed by atoms with Crippen molar-refractivity contribution in [1.82, 2.24) is 0 Å². The largest absolute Gasteiger partial charge is 0.391 e. The van der Waals surface area contributed by atoms with Crippen molar-refractivity contribution < 1.29 is 9.84 Å². The molecule has 0 bridgehead atoms. The van der Waals surface area contributed by atoms with Gasteiger partial charge in [-0.25, -0.2) is 0 Å². The van der Waals surface area contributed by atoms with Gasteiger partial charge in [0.2, 0.25) is 0 Å². The molecule has 5 heteroatoms. The van der Waals surface area contributed by atoms with E-state index in [0.29, 0.717) is 18.2 Å². The van der Waals surface area contributed by atoms with Crippen molar-refractivity contribution >= 4 is 39.1 Å². The number of aliphatic hydroxyl groups is 1. The van der Waals surface area contributed by atoms with Crippen molar-refractivity contribution in [2.24, 2.45) is 5.92 Å². The van der Waals surface area contributed by atoms with Crippen molar-refractivity contribution in [2.75, 3.05) is 5.33 Å². The fraction of sp³-hybridized carbons (Fsp3) is 0.733.